The number of hydrogen-bond donors (Lipinski definition) is 2. The molecule has 0 amide bonds. The lowest BCUT2D eigenvalue weighted by molar-refractivity contribution is 0.110. The minimum absolute atomic E-state index is 0.112. The second kappa shape index (κ2) is 9.51. The molecule has 5 aromatic rings. The van der Waals surface area contributed by atoms with Gasteiger partial charge in [-0.3, -0.25) is 9.89 Å². The van der Waals surface area contributed by atoms with E-state index in [4.69, 9.17) is 14.7 Å². The first kappa shape index (κ1) is 22.9. The molecule has 11 nitrogen and oxygen atoms in total. The molecule has 188 valence electrons. The number of aromatic amines is 1. The molecule has 5 heterocycles. The molecule has 1 saturated heterocycles. The lowest BCUT2D eigenvalue weighted by Crippen LogP contribution is -2.35. The number of ether oxygens (including phenoxy) is 1. The third-order valence-electron chi connectivity index (χ3n) is 6.55. The van der Waals surface area contributed by atoms with E-state index in [1.165, 1.54) is 0 Å². The standard InChI is InChI=1S/C26H27N9O2/c1-3-11-34-25(36)20-16-27-26(29-18-7-8-21-17(14-18)15-28-32-21)31-24(20)35(34)22-5-4-6-23(30-22)37-19-9-12-33(2)13-10-19/h3-8,14-16,19H,1,9-13H2,2H3,(H,28,32)(H,27,29,31). The maximum atomic E-state index is 13.3. The molecule has 6 rings (SSSR count). The minimum atomic E-state index is -0.218. The highest BCUT2D eigenvalue weighted by Gasteiger charge is 2.21. The predicted molar refractivity (Wildman–Crippen MR) is 142 cm³/mol. The summed E-state index contributed by atoms with van der Waals surface area (Å²) in [6.45, 7) is 6.09. The number of H-pyrrole nitrogens is 1. The third-order valence-corrected chi connectivity index (χ3v) is 6.55. The monoisotopic (exact) mass is 497 g/mol. The van der Waals surface area contributed by atoms with Crippen LogP contribution in [-0.4, -0.2) is 65.7 Å². The molecular weight excluding hydrogens is 470 g/mol. The maximum Gasteiger partial charge on any atom is 0.278 e. The Balaban J connectivity index is 1.38. The number of fused-ring (bicyclic) bond motifs is 2. The maximum absolute atomic E-state index is 13.3. The van der Waals surface area contributed by atoms with Crippen molar-refractivity contribution in [2.24, 2.45) is 0 Å². The Bertz CT molecular complexity index is 1640. The molecule has 4 aromatic heterocycles. The van der Waals surface area contributed by atoms with Crippen molar-refractivity contribution in [1.82, 2.24) is 39.4 Å². The molecule has 0 spiro atoms. The molecule has 2 N–H and O–H groups in total. The van der Waals surface area contributed by atoms with Crippen LogP contribution >= 0.6 is 0 Å². The normalized spacial score (nSPS) is 14.8. The fraction of sp³-hybridized carbons (Fsp3) is 0.269. The molecule has 11 heteroatoms. The van der Waals surface area contributed by atoms with E-state index in [1.807, 2.05) is 36.4 Å². The number of benzene rings is 1. The van der Waals surface area contributed by atoms with E-state index in [0.29, 0.717) is 28.7 Å². The smallest absolute Gasteiger partial charge is 0.278 e. The number of nitrogens with zero attached hydrogens (tertiary/aromatic N) is 7. The van der Waals surface area contributed by atoms with Crippen LogP contribution in [0, 0.1) is 0 Å². The summed E-state index contributed by atoms with van der Waals surface area (Å²) in [5.41, 5.74) is 1.97. The van der Waals surface area contributed by atoms with E-state index < -0.39 is 0 Å². The summed E-state index contributed by atoms with van der Waals surface area (Å²) in [6, 6.07) is 11.4. The second-order valence-electron chi connectivity index (χ2n) is 9.17. The Hall–Kier alpha value is -4.51. The summed E-state index contributed by atoms with van der Waals surface area (Å²) in [6.07, 6.45) is 6.97. The molecule has 0 bridgehead atoms. The van der Waals surface area contributed by atoms with Gasteiger partial charge in [-0.1, -0.05) is 12.1 Å². The summed E-state index contributed by atoms with van der Waals surface area (Å²) >= 11 is 0. The number of rotatable bonds is 7. The van der Waals surface area contributed by atoms with Gasteiger partial charge in [-0.25, -0.2) is 14.3 Å². The first-order valence-corrected chi connectivity index (χ1v) is 12.2. The van der Waals surface area contributed by atoms with Gasteiger partial charge in [-0.15, -0.1) is 6.58 Å². The van der Waals surface area contributed by atoms with Gasteiger partial charge in [0.15, 0.2) is 11.5 Å². The van der Waals surface area contributed by atoms with Crippen LogP contribution in [-0.2, 0) is 6.54 Å². The summed E-state index contributed by atoms with van der Waals surface area (Å²) in [7, 11) is 2.12. The number of pyridine rings is 1. The zero-order valence-electron chi connectivity index (χ0n) is 20.5. The molecule has 0 unspecified atom stereocenters. The lowest BCUT2D eigenvalue weighted by atomic mass is 10.1. The number of anilines is 2. The number of allylic oxidation sites excluding steroid dienone is 1. The summed E-state index contributed by atoms with van der Waals surface area (Å²) in [4.78, 5) is 29.4. The van der Waals surface area contributed by atoms with Crippen LogP contribution in [0.1, 0.15) is 12.8 Å². The van der Waals surface area contributed by atoms with E-state index >= 15 is 0 Å². The molecule has 1 aliphatic rings. The highest BCUT2D eigenvalue weighted by molar-refractivity contribution is 5.83. The summed E-state index contributed by atoms with van der Waals surface area (Å²) < 4.78 is 9.46. The topological polar surface area (TPSA) is 119 Å². The second-order valence-corrected chi connectivity index (χ2v) is 9.17. The van der Waals surface area contributed by atoms with Crippen molar-refractivity contribution in [1.29, 1.82) is 0 Å². The van der Waals surface area contributed by atoms with Crippen LogP contribution in [0.4, 0.5) is 11.6 Å². The van der Waals surface area contributed by atoms with Gasteiger partial charge >= 0.3 is 0 Å². The van der Waals surface area contributed by atoms with Crippen LogP contribution in [0.5, 0.6) is 5.88 Å². The molecule has 37 heavy (non-hydrogen) atoms. The Morgan fingerprint density at radius 2 is 2.05 bits per heavy atom. The van der Waals surface area contributed by atoms with Crippen LogP contribution in [0.2, 0.25) is 0 Å². The first-order chi connectivity index (χ1) is 18.1. The van der Waals surface area contributed by atoms with Gasteiger partial charge in [-0.2, -0.15) is 15.1 Å². The summed E-state index contributed by atoms with van der Waals surface area (Å²) in [5.74, 6) is 1.41. The van der Waals surface area contributed by atoms with Gasteiger partial charge in [0.1, 0.15) is 11.5 Å². The van der Waals surface area contributed by atoms with E-state index in [1.54, 1.807) is 27.8 Å². The largest absolute Gasteiger partial charge is 0.474 e. The number of likely N-dealkylation sites (tertiary alicyclic amines) is 1. The fourth-order valence-corrected chi connectivity index (χ4v) is 4.62. The van der Waals surface area contributed by atoms with Crippen molar-refractivity contribution in [3.8, 4) is 11.7 Å². The van der Waals surface area contributed by atoms with Crippen molar-refractivity contribution < 1.29 is 4.74 Å². The van der Waals surface area contributed by atoms with Crippen molar-refractivity contribution in [2.75, 3.05) is 25.5 Å². The van der Waals surface area contributed by atoms with Gasteiger partial charge in [0.25, 0.3) is 5.56 Å². The van der Waals surface area contributed by atoms with Crippen molar-refractivity contribution >= 4 is 33.6 Å². The van der Waals surface area contributed by atoms with Crippen LogP contribution < -0.4 is 15.6 Å². The van der Waals surface area contributed by atoms with Crippen LogP contribution in [0.25, 0.3) is 27.8 Å². The Morgan fingerprint density at radius 3 is 2.89 bits per heavy atom. The van der Waals surface area contributed by atoms with E-state index in [9.17, 15) is 4.79 Å². The fourth-order valence-electron chi connectivity index (χ4n) is 4.62. The molecule has 1 fully saturated rings. The van der Waals surface area contributed by atoms with Crippen molar-refractivity contribution in [3.05, 3.63) is 71.8 Å². The summed E-state index contributed by atoms with van der Waals surface area (Å²) in [5, 5.41) is 11.6. The SMILES string of the molecule is C=CCn1c(=O)c2cnc(Nc3ccc4[nH]ncc4c3)nc2n1-c1cccc(OC2CCN(C)CC2)n1. The van der Waals surface area contributed by atoms with Gasteiger partial charge in [0.2, 0.25) is 11.8 Å². The van der Waals surface area contributed by atoms with Crippen molar-refractivity contribution in [2.45, 2.75) is 25.5 Å². The number of nitrogens with one attached hydrogen (secondary N) is 2. The molecule has 1 aliphatic heterocycles. The molecule has 0 radical (unpaired) electrons. The number of aromatic nitrogens is 7. The van der Waals surface area contributed by atoms with Gasteiger partial charge < -0.3 is 15.0 Å². The molecule has 0 saturated carbocycles. The predicted octanol–water partition coefficient (Wildman–Crippen LogP) is 3.26. The van der Waals surface area contributed by atoms with Crippen LogP contribution in [0.3, 0.4) is 0 Å². The van der Waals surface area contributed by atoms with Gasteiger partial charge in [-0.05, 0) is 44.2 Å². The molecule has 0 atom stereocenters. The van der Waals surface area contributed by atoms with E-state index in [2.05, 4.69) is 39.0 Å². The Labute approximate surface area is 212 Å². The molecule has 0 aliphatic carbocycles. The Kier molecular flexibility index (Phi) is 5.89. The third kappa shape index (κ3) is 4.45. The van der Waals surface area contributed by atoms with Gasteiger partial charge in [0.05, 0.1) is 18.3 Å². The highest BCUT2D eigenvalue weighted by atomic mass is 16.5. The zero-order valence-corrected chi connectivity index (χ0v) is 20.5. The first-order valence-electron chi connectivity index (χ1n) is 12.2. The van der Waals surface area contributed by atoms with E-state index in [-0.39, 0.29) is 18.2 Å². The average molecular weight is 498 g/mol. The quantitative estimate of drug-likeness (QED) is 0.329. The minimum Gasteiger partial charge on any atom is -0.474 e. The van der Waals surface area contributed by atoms with E-state index in [0.717, 1.165) is 42.5 Å². The number of piperidine rings is 1. The Morgan fingerprint density at radius 1 is 1.19 bits per heavy atom. The van der Waals surface area contributed by atoms with Crippen LogP contribution in [0.15, 0.2) is 66.2 Å². The van der Waals surface area contributed by atoms with Gasteiger partial charge in [0, 0.05) is 36.4 Å². The number of hydrogen-bond acceptors (Lipinski definition) is 8. The average Bonchev–Trinajstić information content (AvgIpc) is 3.48. The lowest BCUT2D eigenvalue weighted by Gasteiger charge is -2.29. The molecular formula is C26H27N9O2. The van der Waals surface area contributed by atoms with Crippen molar-refractivity contribution in [3.63, 3.8) is 0 Å². The zero-order chi connectivity index (χ0) is 25.4. The highest BCUT2D eigenvalue weighted by Crippen LogP contribution is 2.23. The molecule has 1 aromatic carbocycles.